The van der Waals surface area contributed by atoms with Gasteiger partial charge < -0.3 is 25.4 Å². The summed E-state index contributed by atoms with van der Waals surface area (Å²) in [6.45, 7) is 3.08. The molecular weight excluding hydrogens is 308 g/mol. The van der Waals surface area contributed by atoms with Gasteiger partial charge in [-0.25, -0.2) is 0 Å². The molecule has 1 saturated heterocycles. The lowest BCUT2D eigenvalue weighted by molar-refractivity contribution is -0.119. The smallest absolute Gasteiger partial charge is 0.255 e. The number of amides is 1. The minimum Gasteiger partial charge on any atom is -0.484 e. The van der Waals surface area contributed by atoms with Crippen LogP contribution in [0.3, 0.4) is 0 Å². The predicted octanol–water partition coefficient (Wildman–Crippen LogP) is 0.594. The van der Waals surface area contributed by atoms with Gasteiger partial charge in [0.05, 0.1) is 6.61 Å². The quantitative estimate of drug-likeness (QED) is 0.563. The zero-order valence-electron chi connectivity index (χ0n) is 14.3. The molecule has 1 amide bonds. The van der Waals surface area contributed by atoms with Crippen LogP contribution in [0.1, 0.15) is 12.0 Å². The first-order chi connectivity index (χ1) is 11.6. The first kappa shape index (κ1) is 18.1. The highest BCUT2D eigenvalue weighted by atomic mass is 16.5. The molecule has 0 radical (unpaired) electrons. The minimum absolute atomic E-state index is 0.120. The Morgan fingerprint density at radius 1 is 1.54 bits per heavy atom. The molecule has 0 aliphatic carbocycles. The number of nitrogens with one attached hydrogen (secondary N) is 1. The Bertz CT molecular complexity index is 571. The van der Waals surface area contributed by atoms with Gasteiger partial charge in [0.25, 0.3) is 5.91 Å². The first-order valence-corrected chi connectivity index (χ1v) is 8.08. The van der Waals surface area contributed by atoms with E-state index in [2.05, 4.69) is 15.2 Å². The van der Waals surface area contributed by atoms with E-state index in [9.17, 15) is 4.79 Å². The van der Waals surface area contributed by atoms with Crippen molar-refractivity contribution in [3.63, 3.8) is 0 Å². The summed E-state index contributed by atoms with van der Waals surface area (Å²) in [5, 5.41) is 3.34. The SMILES string of the molecule is CN=C(NCc1cccc(OCC(N)=O)c1)N(C)CC1CCOC1. The average molecular weight is 334 g/mol. The van der Waals surface area contributed by atoms with Crippen LogP contribution in [0.15, 0.2) is 29.3 Å². The van der Waals surface area contributed by atoms with Crippen molar-refractivity contribution in [3.8, 4) is 5.75 Å². The molecule has 7 heteroatoms. The van der Waals surface area contributed by atoms with Crippen LogP contribution in [0.2, 0.25) is 0 Å². The number of aliphatic imine (C=N–C) groups is 1. The Kier molecular flexibility index (Phi) is 6.87. The van der Waals surface area contributed by atoms with Crippen LogP contribution in [0.4, 0.5) is 0 Å². The van der Waals surface area contributed by atoms with Gasteiger partial charge in [0.2, 0.25) is 0 Å². The highest BCUT2D eigenvalue weighted by Crippen LogP contribution is 2.14. The number of guanidine groups is 1. The van der Waals surface area contributed by atoms with E-state index in [1.807, 2.05) is 25.2 Å². The summed E-state index contributed by atoms with van der Waals surface area (Å²) >= 11 is 0. The molecule has 0 aromatic heterocycles. The van der Waals surface area contributed by atoms with Gasteiger partial charge in [-0.15, -0.1) is 0 Å². The van der Waals surface area contributed by atoms with Crippen molar-refractivity contribution in [3.05, 3.63) is 29.8 Å². The number of nitrogens with zero attached hydrogens (tertiary/aromatic N) is 2. The van der Waals surface area contributed by atoms with Gasteiger partial charge in [-0.3, -0.25) is 9.79 Å². The Morgan fingerprint density at radius 2 is 2.38 bits per heavy atom. The van der Waals surface area contributed by atoms with E-state index < -0.39 is 5.91 Å². The largest absolute Gasteiger partial charge is 0.484 e. The van der Waals surface area contributed by atoms with Gasteiger partial charge in [0.1, 0.15) is 5.75 Å². The summed E-state index contributed by atoms with van der Waals surface area (Å²) in [6, 6.07) is 7.55. The van der Waals surface area contributed by atoms with Gasteiger partial charge in [0.15, 0.2) is 12.6 Å². The Morgan fingerprint density at radius 3 is 3.04 bits per heavy atom. The highest BCUT2D eigenvalue weighted by molar-refractivity contribution is 5.79. The molecule has 0 saturated carbocycles. The maximum Gasteiger partial charge on any atom is 0.255 e. The molecule has 1 unspecified atom stereocenters. The van der Waals surface area contributed by atoms with Crippen LogP contribution in [-0.4, -0.2) is 57.2 Å². The van der Waals surface area contributed by atoms with Crippen LogP contribution in [0.25, 0.3) is 0 Å². The number of ether oxygens (including phenoxy) is 2. The number of hydrogen-bond acceptors (Lipinski definition) is 4. The Balaban J connectivity index is 1.85. The fourth-order valence-corrected chi connectivity index (χ4v) is 2.67. The van der Waals surface area contributed by atoms with E-state index in [1.165, 1.54) is 0 Å². The van der Waals surface area contributed by atoms with Gasteiger partial charge in [-0.05, 0) is 24.1 Å². The van der Waals surface area contributed by atoms with E-state index in [-0.39, 0.29) is 6.61 Å². The molecule has 1 atom stereocenters. The van der Waals surface area contributed by atoms with Crippen molar-refractivity contribution in [1.29, 1.82) is 0 Å². The number of nitrogens with two attached hydrogens (primary N) is 1. The van der Waals surface area contributed by atoms with Gasteiger partial charge in [-0.1, -0.05) is 12.1 Å². The lowest BCUT2D eigenvalue weighted by atomic mass is 10.1. The molecule has 1 heterocycles. The standard InChI is InChI=1S/C17H26N4O3/c1-19-17(21(2)10-14-6-7-23-11-14)20-9-13-4-3-5-15(8-13)24-12-16(18)22/h3-5,8,14H,6-7,9-12H2,1-2H3,(H2,18,22)(H,19,20). The van der Waals surface area contributed by atoms with Crippen molar-refractivity contribution >= 4 is 11.9 Å². The molecule has 3 N–H and O–H groups in total. The summed E-state index contributed by atoms with van der Waals surface area (Å²) in [5.41, 5.74) is 6.13. The fourth-order valence-electron chi connectivity index (χ4n) is 2.67. The normalized spacial score (nSPS) is 17.6. The van der Waals surface area contributed by atoms with E-state index in [0.29, 0.717) is 18.2 Å². The summed E-state index contributed by atoms with van der Waals surface area (Å²) in [7, 11) is 3.80. The Hall–Kier alpha value is -2.28. The van der Waals surface area contributed by atoms with E-state index in [4.69, 9.17) is 15.2 Å². The number of carbonyl (C=O) groups excluding carboxylic acids is 1. The topological polar surface area (TPSA) is 89.2 Å². The van der Waals surface area contributed by atoms with Crippen molar-refractivity contribution < 1.29 is 14.3 Å². The van der Waals surface area contributed by atoms with Crippen LogP contribution in [0.5, 0.6) is 5.75 Å². The van der Waals surface area contributed by atoms with Gasteiger partial charge >= 0.3 is 0 Å². The summed E-state index contributed by atoms with van der Waals surface area (Å²) in [6.07, 6.45) is 1.10. The number of benzene rings is 1. The predicted molar refractivity (Wildman–Crippen MR) is 92.9 cm³/mol. The molecule has 1 aliphatic rings. The molecule has 1 aliphatic heterocycles. The second-order valence-corrected chi connectivity index (χ2v) is 5.91. The number of primary amides is 1. The van der Waals surface area contributed by atoms with Crippen molar-refractivity contribution in [2.24, 2.45) is 16.6 Å². The monoisotopic (exact) mass is 334 g/mol. The lowest BCUT2D eigenvalue weighted by Crippen LogP contribution is -2.41. The third-order valence-electron chi connectivity index (χ3n) is 3.86. The molecule has 0 spiro atoms. The van der Waals surface area contributed by atoms with Gasteiger partial charge in [0, 0.05) is 39.7 Å². The molecule has 2 rings (SSSR count). The second-order valence-electron chi connectivity index (χ2n) is 5.91. The maximum atomic E-state index is 10.8. The third kappa shape index (κ3) is 5.73. The maximum absolute atomic E-state index is 10.8. The average Bonchev–Trinajstić information content (AvgIpc) is 3.07. The van der Waals surface area contributed by atoms with Crippen molar-refractivity contribution in [2.45, 2.75) is 13.0 Å². The molecular formula is C17H26N4O3. The number of rotatable bonds is 7. The third-order valence-corrected chi connectivity index (χ3v) is 3.86. The molecule has 24 heavy (non-hydrogen) atoms. The zero-order chi connectivity index (χ0) is 17.4. The molecule has 0 bridgehead atoms. The summed E-state index contributed by atoms with van der Waals surface area (Å²) in [5.74, 6) is 1.53. The number of hydrogen-bond donors (Lipinski definition) is 2. The highest BCUT2D eigenvalue weighted by Gasteiger charge is 2.19. The van der Waals surface area contributed by atoms with Crippen LogP contribution >= 0.6 is 0 Å². The van der Waals surface area contributed by atoms with Crippen LogP contribution in [0, 0.1) is 5.92 Å². The Labute approximate surface area is 142 Å². The molecule has 1 aromatic rings. The molecule has 132 valence electrons. The van der Waals surface area contributed by atoms with Gasteiger partial charge in [-0.2, -0.15) is 0 Å². The van der Waals surface area contributed by atoms with E-state index >= 15 is 0 Å². The minimum atomic E-state index is -0.489. The van der Waals surface area contributed by atoms with E-state index in [0.717, 1.165) is 37.7 Å². The summed E-state index contributed by atoms with van der Waals surface area (Å²) < 4.78 is 10.7. The van der Waals surface area contributed by atoms with Crippen LogP contribution < -0.4 is 15.8 Å². The van der Waals surface area contributed by atoms with Crippen LogP contribution in [-0.2, 0) is 16.1 Å². The first-order valence-electron chi connectivity index (χ1n) is 8.08. The second kappa shape index (κ2) is 9.12. The van der Waals surface area contributed by atoms with Crippen molar-refractivity contribution in [2.75, 3.05) is 40.5 Å². The molecule has 7 nitrogen and oxygen atoms in total. The number of carbonyl (C=O) groups is 1. The fraction of sp³-hybridized carbons (Fsp3) is 0.529. The zero-order valence-corrected chi connectivity index (χ0v) is 14.3. The van der Waals surface area contributed by atoms with Crippen molar-refractivity contribution in [1.82, 2.24) is 10.2 Å². The summed E-state index contributed by atoms with van der Waals surface area (Å²) in [4.78, 5) is 17.2. The lowest BCUT2D eigenvalue weighted by Gasteiger charge is -2.24. The molecule has 1 fully saturated rings. The molecule has 1 aromatic carbocycles. The van der Waals surface area contributed by atoms with E-state index in [1.54, 1.807) is 13.1 Å².